The lowest BCUT2D eigenvalue weighted by atomic mass is 10.1. The van der Waals surface area contributed by atoms with Gasteiger partial charge >= 0.3 is 0 Å². The highest BCUT2D eigenvalue weighted by molar-refractivity contribution is 9.10. The molecule has 1 aromatic rings. The van der Waals surface area contributed by atoms with Gasteiger partial charge in [-0.15, -0.1) is 0 Å². The Bertz CT molecular complexity index is 405. The fourth-order valence-corrected chi connectivity index (χ4v) is 2.42. The van der Waals surface area contributed by atoms with Crippen LogP contribution in [0.3, 0.4) is 0 Å². The summed E-state index contributed by atoms with van der Waals surface area (Å²) in [5, 5.41) is 6.56. The number of anilines is 1. The summed E-state index contributed by atoms with van der Waals surface area (Å²) in [6, 6.07) is 5.42. The molecular formula is C11H12BrClN2O. The fraction of sp³-hybridized carbons (Fsp3) is 0.364. The normalized spacial score (nSPS) is 19.8. The molecule has 1 saturated heterocycles. The Balaban J connectivity index is 2.05. The molecule has 1 atom stereocenters. The van der Waals surface area contributed by atoms with Crippen molar-refractivity contribution in [3.63, 3.8) is 0 Å². The topological polar surface area (TPSA) is 41.1 Å². The van der Waals surface area contributed by atoms with Gasteiger partial charge in [0.2, 0.25) is 5.91 Å². The molecule has 1 aliphatic heterocycles. The first-order valence-corrected chi connectivity index (χ1v) is 6.30. The van der Waals surface area contributed by atoms with Crippen molar-refractivity contribution in [2.45, 2.75) is 6.42 Å². The summed E-state index contributed by atoms with van der Waals surface area (Å²) in [6.45, 7) is 1.66. The number of carbonyl (C=O) groups is 1. The molecule has 2 N–H and O–H groups in total. The Labute approximate surface area is 108 Å². The van der Waals surface area contributed by atoms with Crippen LogP contribution in [0.25, 0.3) is 0 Å². The number of hydrogen-bond acceptors (Lipinski definition) is 2. The van der Waals surface area contributed by atoms with Gasteiger partial charge in [0.05, 0.1) is 16.6 Å². The van der Waals surface area contributed by atoms with E-state index in [1.165, 1.54) is 0 Å². The van der Waals surface area contributed by atoms with Gasteiger partial charge in [0.25, 0.3) is 0 Å². The van der Waals surface area contributed by atoms with E-state index in [9.17, 15) is 4.79 Å². The molecule has 0 saturated carbocycles. The molecule has 16 heavy (non-hydrogen) atoms. The predicted octanol–water partition coefficient (Wildman–Crippen LogP) is 2.65. The highest BCUT2D eigenvalue weighted by Gasteiger charge is 2.22. The molecule has 0 bridgehead atoms. The van der Waals surface area contributed by atoms with Crippen LogP contribution in [0.2, 0.25) is 5.02 Å². The predicted molar refractivity (Wildman–Crippen MR) is 68.8 cm³/mol. The standard InChI is InChI=1S/C11H12BrClN2O/c12-8-1-2-10(9(13)5-8)15-11(16)7-3-4-14-6-7/h1-2,5,7,14H,3-4,6H2,(H,15,16). The lowest BCUT2D eigenvalue weighted by molar-refractivity contribution is -0.119. The lowest BCUT2D eigenvalue weighted by Crippen LogP contribution is -2.24. The third kappa shape index (κ3) is 2.75. The molecule has 1 fully saturated rings. The smallest absolute Gasteiger partial charge is 0.228 e. The van der Waals surface area contributed by atoms with E-state index in [1.807, 2.05) is 6.07 Å². The van der Waals surface area contributed by atoms with Crippen LogP contribution < -0.4 is 10.6 Å². The van der Waals surface area contributed by atoms with E-state index in [4.69, 9.17) is 11.6 Å². The number of amides is 1. The molecule has 0 aromatic heterocycles. The van der Waals surface area contributed by atoms with Gasteiger partial charge in [0.15, 0.2) is 0 Å². The Morgan fingerprint density at radius 3 is 3.00 bits per heavy atom. The third-order valence-electron chi connectivity index (χ3n) is 2.62. The van der Waals surface area contributed by atoms with Gasteiger partial charge < -0.3 is 10.6 Å². The average molecular weight is 304 g/mol. The van der Waals surface area contributed by atoms with Crippen molar-refractivity contribution in [3.8, 4) is 0 Å². The quantitative estimate of drug-likeness (QED) is 0.882. The Hall–Kier alpha value is -0.580. The first-order valence-electron chi connectivity index (χ1n) is 5.13. The van der Waals surface area contributed by atoms with Gasteiger partial charge in [0, 0.05) is 11.0 Å². The first-order chi connectivity index (χ1) is 7.66. The van der Waals surface area contributed by atoms with Crippen molar-refractivity contribution in [2.75, 3.05) is 18.4 Å². The van der Waals surface area contributed by atoms with E-state index in [2.05, 4.69) is 26.6 Å². The van der Waals surface area contributed by atoms with E-state index < -0.39 is 0 Å². The van der Waals surface area contributed by atoms with Crippen molar-refractivity contribution in [2.24, 2.45) is 5.92 Å². The number of carbonyl (C=O) groups excluding carboxylic acids is 1. The van der Waals surface area contributed by atoms with Crippen LogP contribution in [0.1, 0.15) is 6.42 Å². The first kappa shape index (κ1) is 11.9. The molecule has 5 heteroatoms. The second-order valence-corrected chi connectivity index (χ2v) is 5.13. The zero-order chi connectivity index (χ0) is 11.5. The molecule has 86 valence electrons. The molecule has 0 radical (unpaired) electrons. The molecule has 0 spiro atoms. The fourth-order valence-electron chi connectivity index (χ4n) is 1.70. The van der Waals surface area contributed by atoms with Crippen molar-refractivity contribution in [1.29, 1.82) is 0 Å². The molecule has 1 amide bonds. The number of benzene rings is 1. The summed E-state index contributed by atoms with van der Waals surface area (Å²) in [5.74, 6) is 0.0916. The number of nitrogens with one attached hydrogen (secondary N) is 2. The SMILES string of the molecule is O=C(Nc1ccc(Br)cc1Cl)C1CCNC1. The Kier molecular flexibility index (Phi) is 3.84. The van der Waals surface area contributed by atoms with Crippen LogP contribution in [0, 0.1) is 5.92 Å². The monoisotopic (exact) mass is 302 g/mol. The zero-order valence-corrected chi connectivity index (χ0v) is 10.9. The summed E-state index contributed by atoms with van der Waals surface area (Å²) in [6.07, 6.45) is 0.889. The van der Waals surface area contributed by atoms with Crippen LogP contribution in [0.15, 0.2) is 22.7 Å². The van der Waals surface area contributed by atoms with Crippen molar-refractivity contribution >= 4 is 39.1 Å². The maximum atomic E-state index is 11.8. The minimum Gasteiger partial charge on any atom is -0.324 e. The maximum absolute atomic E-state index is 11.8. The molecule has 0 aliphatic carbocycles. The molecule has 1 heterocycles. The highest BCUT2D eigenvalue weighted by Crippen LogP contribution is 2.26. The van der Waals surface area contributed by atoms with E-state index in [0.717, 1.165) is 24.0 Å². The second kappa shape index (κ2) is 5.17. The summed E-state index contributed by atoms with van der Waals surface area (Å²) < 4.78 is 0.901. The van der Waals surface area contributed by atoms with Gasteiger partial charge in [-0.1, -0.05) is 27.5 Å². The van der Waals surface area contributed by atoms with Gasteiger partial charge in [-0.25, -0.2) is 0 Å². The molecule has 1 unspecified atom stereocenters. The van der Waals surface area contributed by atoms with Crippen molar-refractivity contribution < 1.29 is 4.79 Å². The molecular weight excluding hydrogens is 291 g/mol. The van der Waals surface area contributed by atoms with E-state index in [-0.39, 0.29) is 11.8 Å². The largest absolute Gasteiger partial charge is 0.324 e. The van der Waals surface area contributed by atoms with E-state index in [1.54, 1.807) is 12.1 Å². The number of rotatable bonds is 2. The summed E-state index contributed by atoms with van der Waals surface area (Å²) >= 11 is 9.34. The second-order valence-electron chi connectivity index (χ2n) is 3.80. The van der Waals surface area contributed by atoms with Crippen molar-refractivity contribution in [3.05, 3.63) is 27.7 Å². The number of hydrogen-bond donors (Lipinski definition) is 2. The summed E-state index contributed by atoms with van der Waals surface area (Å²) in [7, 11) is 0. The van der Waals surface area contributed by atoms with Gasteiger partial charge in [-0.05, 0) is 31.2 Å². The molecule has 3 nitrogen and oxygen atoms in total. The minimum absolute atomic E-state index is 0.0363. The van der Waals surface area contributed by atoms with E-state index in [0.29, 0.717) is 10.7 Å². The third-order valence-corrected chi connectivity index (χ3v) is 3.43. The van der Waals surface area contributed by atoms with Crippen molar-refractivity contribution in [1.82, 2.24) is 5.32 Å². The Morgan fingerprint density at radius 2 is 2.38 bits per heavy atom. The molecule has 1 aliphatic rings. The van der Waals surface area contributed by atoms with Crippen LogP contribution in [-0.2, 0) is 4.79 Å². The highest BCUT2D eigenvalue weighted by atomic mass is 79.9. The average Bonchev–Trinajstić information content (AvgIpc) is 2.75. The summed E-state index contributed by atoms with van der Waals surface area (Å²) in [4.78, 5) is 11.8. The zero-order valence-electron chi connectivity index (χ0n) is 8.59. The molecule has 2 rings (SSSR count). The van der Waals surface area contributed by atoms with Crippen LogP contribution in [-0.4, -0.2) is 19.0 Å². The number of halogens is 2. The van der Waals surface area contributed by atoms with Crippen LogP contribution in [0.5, 0.6) is 0 Å². The van der Waals surface area contributed by atoms with Crippen LogP contribution in [0.4, 0.5) is 5.69 Å². The van der Waals surface area contributed by atoms with Crippen LogP contribution >= 0.6 is 27.5 Å². The lowest BCUT2D eigenvalue weighted by Gasteiger charge is -2.11. The molecule has 1 aromatic carbocycles. The minimum atomic E-state index is 0.0363. The summed E-state index contributed by atoms with van der Waals surface area (Å²) in [5.41, 5.74) is 0.668. The van der Waals surface area contributed by atoms with E-state index >= 15 is 0 Å². The van der Waals surface area contributed by atoms with Gasteiger partial charge in [-0.3, -0.25) is 4.79 Å². The maximum Gasteiger partial charge on any atom is 0.228 e. The Morgan fingerprint density at radius 1 is 1.56 bits per heavy atom. The van der Waals surface area contributed by atoms with Gasteiger partial charge in [0.1, 0.15) is 0 Å². The van der Waals surface area contributed by atoms with Gasteiger partial charge in [-0.2, -0.15) is 0 Å².